The minimum absolute atomic E-state index is 0.0505. The van der Waals surface area contributed by atoms with Crippen LogP contribution in [-0.2, 0) is 6.61 Å². The molecule has 1 aromatic carbocycles. The summed E-state index contributed by atoms with van der Waals surface area (Å²) in [5.41, 5.74) is 3.94. The fourth-order valence-electron chi connectivity index (χ4n) is 1.97. The van der Waals surface area contributed by atoms with Crippen molar-refractivity contribution in [2.24, 2.45) is 0 Å². The molecule has 3 rings (SSSR count). The van der Waals surface area contributed by atoms with Gasteiger partial charge in [0.1, 0.15) is 10.8 Å². The van der Waals surface area contributed by atoms with Gasteiger partial charge in [-0.15, -0.1) is 11.3 Å². The topological polar surface area (TPSA) is 61.8 Å². The first-order valence-electron chi connectivity index (χ1n) is 5.71. The number of aromatic nitrogens is 3. The maximum absolute atomic E-state index is 9.21. The average Bonchev–Trinajstić information content (AvgIpc) is 2.89. The van der Waals surface area contributed by atoms with Gasteiger partial charge in [-0.25, -0.2) is 9.97 Å². The van der Waals surface area contributed by atoms with Crippen molar-refractivity contribution >= 4 is 22.4 Å². The fourth-order valence-corrected chi connectivity index (χ4v) is 2.89. The molecule has 0 bridgehead atoms. The number of fused-ring (bicyclic) bond motifs is 1. The molecule has 0 aliphatic rings. The van der Waals surface area contributed by atoms with Crippen LogP contribution in [0.1, 0.15) is 16.4 Å². The number of benzene rings is 1. The third-order valence-electron chi connectivity index (χ3n) is 2.88. The Bertz CT molecular complexity index is 714. The predicted molar refractivity (Wildman–Crippen MR) is 72.6 cm³/mol. The van der Waals surface area contributed by atoms with Crippen LogP contribution in [0.3, 0.4) is 0 Å². The molecule has 18 heavy (non-hydrogen) atoms. The first-order chi connectivity index (χ1) is 8.67. The molecule has 0 aliphatic carbocycles. The van der Waals surface area contributed by atoms with E-state index in [-0.39, 0.29) is 6.61 Å². The molecule has 0 unspecified atom stereocenters. The van der Waals surface area contributed by atoms with E-state index in [1.165, 1.54) is 11.3 Å². The fraction of sp³-hybridized carbons (Fsp3) is 0.231. The summed E-state index contributed by atoms with van der Waals surface area (Å²) < 4.78 is 0. The molecular weight excluding hydrogens is 246 g/mol. The van der Waals surface area contributed by atoms with Crippen LogP contribution in [-0.4, -0.2) is 20.1 Å². The lowest BCUT2D eigenvalue weighted by Crippen LogP contribution is -1.81. The number of hydrogen-bond acceptors (Lipinski definition) is 4. The zero-order valence-electron chi connectivity index (χ0n) is 10.2. The number of rotatable bonds is 2. The number of nitrogens with zero attached hydrogens (tertiary/aromatic N) is 2. The minimum atomic E-state index is 0.0505. The van der Waals surface area contributed by atoms with Crippen molar-refractivity contribution in [3.8, 4) is 10.6 Å². The largest absolute Gasteiger partial charge is 0.391 e. The van der Waals surface area contributed by atoms with Gasteiger partial charge in [-0.1, -0.05) is 0 Å². The summed E-state index contributed by atoms with van der Waals surface area (Å²) in [4.78, 5) is 13.0. The highest BCUT2D eigenvalue weighted by molar-refractivity contribution is 7.15. The molecular formula is C13H13N3OS. The Morgan fingerprint density at radius 2 is 2.11 bits per heavy atom. The summed E-state index contributed by atoms with van der Waals surface area (Å²) in [6.07, 6.45) is 0. The SMILES string of the molecule is Cc1nc2ccc(-c3nc(C)c(CO)s3)cc2[nH]1. The molecule has 0 atom stereocenters. The quantitative estimate of drug-likeness (QED) is 0.744. The molecule has 0 fully saturated rings. The van der Waals surface area contributed by atoms with E-state index in [9.17, 15) is 5.11 Å². The Labute approximate surface area is 108 Å². The van der Waals surface area contributed by atoms with E-state index in [0.29, 0.717) is 0 Å². The van der Waals surface area contributed by atoms with E-state index in [0.717, 1.165) is 38.0 Å². The van der Waals surface area contributed by atoms with Gasteiger partial charge in [0.2, 0.25) is 0 Å². The average molecular weight is 259 g/mol. The highest BCUT2D eigenvalue weighted by Crippen LogP contribution is 2.29. The van der Waals surface area contributed by atoms with Gasteiger partial charge in [0.15, 0.2) is 0 Å². The molecule has 2 heterocycles. The van der Waals surface area contributed by atoms with Gasteiger partial charge >= 0.3 is 0 Å². The van der Waals surface area contributed by atoms with Crippen molar-refractivity contribution in [2.45, 2.75) is 20.5 Å². The molecule has 92 valence electrons. The van der Waals surface area contributed by atoms with E-state index in [2.05, 4.69) is 21.0 Å². The monoisotopic (exact) mass is 259 g/mol. The van der Waals surface area contributed by atoms with Gasteiger partial charge in [-0.05, 0) is 32.0 Å². The van der Waals surface area contributed by atoms with Crippen molar-refractivity contribution in [3.05, 3.63) is 34.6 Å². The number of nitrogens with one attached hydrogen (secondary N) is 1. The molecule has 2 aromatic heterocycles. The van der Waals surface area contributed by atoms with E-state index < -0.39 is 0 Å². The van der Waals surface area contributed by atoms with Gasteiger partial charge in [0.25, 0.3) is 0 Å². The van der Waals surface area contributed by atoms with Crippen LogP contribution in [0.25, 0.3) is 21.6 Å². The summed E-state index contributed by atoms with van der Waals surface area (Å²) >= 11 is 1.53. The first-order valence-corrected chi connectivity index (χ1v) is 6.53. The minimum Gasteiger partial charge on any atom is -0.391 e. The Kier molecular flexibility index (Phi) is 2.65. The number of imidazole rings is 1. The predicted octanol–water partition coefficient (Wildman–Crippen LogP) is 2.80. The van der Waals surface area contributed by atoms with Crippen LogP contribution < -0.4 is 0 Å². The van der Waals surface area contributed by atoms with Gasteiger partial charge in [-0.2, -0.15) is 0 Å². The molecule has 4 nitrogen and oxygen atoms in total. The van der Waals surface area contributed by atoms with Gasteiger partial charge < -0.3 is 10.1 Å². The van der Waals surface area contributed by atoms with Gasteiger partial charge in [-0.3, -0.25) is 0 Å². The molecule has 3 aromatic rings. The number of aryl methyl sites for hydroxylation is 2. The second-order valence-electron chi connectivity index (χ2n) is 4.24. The van der Waals surface area contributed by atoms with Crippen LogP contribution in [0, 0.1) is 13.8 Å². The maximum atomic E-state index is 9.21. The number of hydrogen-bond donors (Lipinski definition) is 2. The van der Waals surface area contributed by atoms with Crippen molar-refractivity contribution in [1.29, 1.82) is 0 Å². The van der Waals surface area contributed by atoms with E-state index in [1.54, 1.807) is 0 Å². The number of H-pyrrole nitrogens is 1. The number of thiazole rings is 1. The Balaban J connectivity index is 2.12. The highest BCUT2D eigenvalue weighted by Gasteiger charge is 2.10. The number of aliphatic hydroxyl groups excluding tert-OH is 1. The third-order valence-corrected chi connectivity index (χ3v) is 4.07. The van der Waals surface area contributed by atoms with Crippen molar-refractivity contribution in [2.75, 3.05) is 0 Å². The molecule has 0 spiro atoms. The second-order valence-corrected chi connectivity index (χ2v) is 5.32. The second kappa shape index (κ2) is 4.19. The number of aromatic amines is 1. The van der Waals surface area contributed by atoms with Crippen molar-refractivity contribution in [1.82, 2.24) is 15.0 Å². The Morgan fingerprint density at radius 3 is 2.83 bits per heavy atom. The smallest absolute Gasteiger partial charge is 0.124 e. The van der Waals surface area contributed by atoms with Crippen LogP contribution >= 0.6 is 11.3 Å². The van der Waals surface area contributed by atoms with Crippen LogP contribution in [0.4, 0.5) is 0 Å². The first kappa shape index (κ1) is 11.4. The van der Waals surface area contributed by atoms with E-state index >= 15 is 0 Å². The standard InChI is InChI=1S/C13H13N3OS/c1-7-12(6-17)18-13(14-7)9-3-4-10-11(5-9)16-8(2)15-10/h3-5,17H,6H2,1-2H3,(H,15,16). The summed E-state index contributed by atoms with van der Waals surface area (Å²) in [6, 6.07) is 6.06. The Hall–Kier alpha value is -1.72. The Morgan fingerprint density at radius 1 is 1.28 bits per heavy atom. The van der Waals surface area contributed by atoms with Crippen LogP contribution in [0.15, 0.2) is 18.2 Å². The summed E-state index contributed by atoms with van der Waals surface area (Å²) in [6.45, 7) is 3.91. The van der Waals surface area contributed by atoms with Gasteiger partial charge in [0, 0.05) is 5.56 Å². The molecule has 5 heteroatoms. The van der Waals surface area contributed by atoms with E-state index in [4.69, 9.17) is 0 Å². The number of aliphatic hydroxyl groups is 1. The van der Waals surface area contributed by atoms with Crippen molar-refractivity contribution in [3.63, 3.8) is 0 Å². The lowest BCUT2D eigenvalue weighted by Gasteiger charge is -1.95. The molecule has 0 saturated heterocycles. The zero-order valence-corrected chi connectivity index (χ0v) is 11.0. The molecule has 0 saturated carbocycles. The van der Waals surface area contributed by atoms with Crippen LogP contribution in [0.2, 0.25) is 0 Å². The normalized spacial score (nSPS) is 11.3. The maximum Gasteiger partial charge on any atom is 0.124 e. The molecule has 2 N–H and O–H groups in total. The summed E-state index contributed by atoms with van der Waals surface area (Å²) in [5.74, 6) is 0.911. The van der Waals surface area contributed by atoms with Crippen molar-refractivity contribution < 1.29 is 5.11 Å². The van der Waals surface area contributed by atoms with E-state index in [1.807, 2.05) is 26.0 Å². The molecule has 0 amide bonds. The third kappa shape index (κ3) is 1.81. The lowest BCUT2D eigenvalue weighted by molar-refractivity contribution is 0.284. The zero-order chi connectivity index (χ0) is 12.7. The molecule has 0 radical (unpaired) electrons. The highest BCUT2D eigenvalue weighted by atomic mass is 32.1. The summed E-state index contributed by atoms with van der Waals surface area (Å²) in [5, 5.41) is 10.1. The summed E-state index contributed by atoms with van der Waals surface area (Å²) in [7, 11) is 0. The van der Waals surface area contributed by atoms with Gasteiger partial charge in [0.05, 0.1) is 28.2 Å². The van der Waals surface area contributed by atoms with Crippen LogP contribution in [0.5, 0.6) is 0 Å². The lowest BCUT2D eigenvalue weighted by atomic mass is 10.2. The molecule has 0 aliphatic heterocycles.